The number of rotatable bonds is 9. The molecular formula is C25H24N2O2S2. The van der Waals surface area contributed by atoms with E-state index in [1.54, 1.807) is 22.4 Å². The molecule has 6 heteroatoms. The number of thiophene rings is 1. The van der Waals surface area contributed by atoms with Crippen LogP contribution in [0, 0.1) is 6.92 Å². The summed E-state index contributed by atoms with van der Waals surface area (Å²) in [6.07, 6.45) is 2.61. The number of aryl methyl sites for hydroxylation is 1. The average molecular weight is 449 g/mol. The van der Waals surface area contributed by atoms with E-state index < -0.39 is 0 Å². The number of fused-ring (bicyclic) bond motifs is 1. The lowest BCUT2D eigenvalue weighted by atomic mass is 10.1. The number of ether oxygens (including phenoxy) is 1. The Kier molecular flexibility index (Phi) is 6.89. The summed E-state index contributed by atoms with van der Waals surface area (Å²) in [6, 6.07) is 18.1. The van der Waals surface area contributed by atoms with Crippen LogP contribution in [0.25, 0.3) is 21.3 Å². The summed E-state index contributed by atoms with van der Waals surface area (Å²) in [6.45, 7) is 6.95. The fourth-order valence-electron chi connectivity index (χ4n) is 3.28. The van der Waals surface area contributed by atoms with Crippen molar-refractivity contribution in [2.45, 2.75) is 25.0 Å². The Labute approximate surface area is 190 Å². The fraction of sp³-hybridized carbons (Fsp3) is 0.200. The van der Waals surface area contributed by atoms with E-state index in [-0.39, 0.29) is 5.56 Å². The molecule has 0 fully saturated rings. The van der Waals surface area contributed by atoms with Gasteiger partial charge in [0, 0.05) is 23.2 Å². The number of hydrogen-bond acceptors (Lipinski definition) is 5. The van der Waals surface area contributed by atoms with Gasteiger partial charge in [-0.3, -0.25) is 9.36 Å². The Morgan fingerprint density at radius 1 is 1.16 bits per heavy atom. The molecule has 0 bridgehead atoms. The highest BCUT2D eigenvalue weighted by atomic mass is 32.2. The second-order valence-electron chi connectivity index (χ2n) is 7.16. The van der Waals surface area contributed by atoms with Gasteiger partial charge in [-0.25, -0.2) is 4.98 Å². The van der Waals surface area contributed by atoms with Crippen molar-refractivity contribution in [1.82, 2.24) is 9.55 Å². The Bertz CT molecular complexity index is 1230. The molecule has 4 nitrogen and oxygen atoms in total. The predicted octanol–water partition coefficient (Wildman–Crippen LogP) is 6.18. The van der Waals surface area contributed by atoms with E-state index in [2.05, 4.69) is 13.5 Å². The molecular weight excluding hydrogens is 424 g/mol. The normalized spacial score (nSPS) is 11.0. The minimum atomic E-state index is -0.0107. The van der Waals surface area contributed by atoms with Crippen molar-refractivity contribution in [2.75, 3.05) is 12.4 Å². The molecule has 0 amide bonds. The van der Waals surface area contributed by atoms with Crippen LogP contribution in [0.3, 0.4) is 0 Å². The first-order valence-corrected chi connectivity index (χ1v) is 12.0. The summed E-state index contributed by atoms with van der Waals surface area (Å²) in [4.78, 5) is 18.9. The minimum Gasteiger partial charge on any atom is -0.494 e. The summed E-state index contributed by atoms with van der Waals surface area (Å²) in [7, 11) is 0. The fourth-order valence-corrected chi connectivity index (χ4v) is 5.19. The lowest BCUT2D eigenvalue weighted by Crippen LogP contribution is -2.22. The number of nitrogens with zero attached hydrogens (tertiary/aromatic N) is 2. The van der Waals surface area contributed by atoms with E-state index in [1.165, 1.54) is 16.9 Å². The van der Waals surface area contributed by atoms with E-state index in [0.29, 0.717) is 18.5 Å². The van der Waals surface area contributed by atoms with Crippen molar-refractivity contribution >= 4 is 33.3 Å². The summed E-state index contributed by atoms with van der Waals surface area (Å²) < 4.78 is 7.53. The summed E-state index contributed by atoms with van der Waals surface area (Å²) in [5, 5.41) is 3.44. The van der Waals surface area contributed by atoms with E-state index in [0.717, 1.165) is 39.0 Å². The minimum absolute atomic E-state index is 0.0107. The number of aromatic nitrogens is 2. The van der Waals surface area contributed by atoms with Gasteiger partial charge in [0.1, 0.15) is 10.6 Å². The summed E-state index contributed by atoms with van der Waals surface area (Å²) >= 11 is 3.11. The molecule has 0 radical (unpaired) electrons. The van der Waals surface area contributed by atoms with E-state index >= 15 is 0 Å². The Morgan fingerprint density at radius 3 is 2.68 bits per heavy atom. The van der Waals surface area contributed by atoms with Crippen LogP contribution in [0.1, 0.15) is 12.0 Å². The Hall–Kier alpha value is -2.83. The molecule has 2 aromatic heterocycles. The Balaban J connectivity index is 1.51. The molecule has 0 aliphatic rings. The molecule has 2 heterocycles. The second-order valence-corrected chi connectivity index (χ2v) is 9.08. The molecule has 0 spiro atoms. The molecule has 0 aliphatic heterocycles. The van der Waals surface area contributed by atoms with Crippen molar-refractivity contribution in [2.24, 2.45) is 0 Å². The maximum Gasteiger partial charge on any atom is 0.263 e. The third-order valence-corrected chi connectivity index (χ3v) is 6.80. The number of hydrogen-bond donors (Lipinski definition) is 0. The van der Waals surface area contributed by atoms with Crippen LogP contribution in [-0.2, 0) is 6.54 Å². The molecule has 0 atom stereocenters. The molecule has 4 rings (SSSR count). The van der Waals surface area contributed by atoms with Crippen LogP contribution in [-0.4, -0.2) is 21.9 Å². The van der Waals surface area contributed by atoms with Gasteiger partial charge in [0.2, 0.25) is 0 Å². The van der Waals surface area contributed by atoms with Gasteiger partial charge in [-0.2, -0.15) is 0 Å². The predicted molar refractivity (Wildman–Crippen MR) is 132 cm³/mol. The van der Waals surface area contributed by atoms with Crippen LogP contribution < -0.4 is 10.3 Å². The topological polar surface area (TPSA) is 44.1 Å². The lowest BCUT2D eigenvalue weighted by molar-refractivity contribution is 0.318. The van der Waals surface area contributed by atoms with Crippen molar-refractivity contribution in [1.29, 1.82) is 0 Å². The third-order valence-electron chi connectivity index (χ3n) is 4.86. The maximum absolute atomic E-state index is 13.3. The van der Waals surface area contributed by atoms with Crippen molar-refractivity contribution in [3.05, 3.63) is 88.5 Å². The molecule has 4 aromatic rings. The van der Waals surface area contributed by atoms with Crippen LogP contribution in [0.5, 0.6) is 5.75 Å². The Morgan fingerprint density at radius 2 is 1.94 bits per heavy atom. The van der Waals surface area contributed by atoms with Gasteiger partial charge in [-0.1, -0.05) is 65.9 Å². The monoisotopic (exact) mass is 448 g/mol. The third kappa shape index (κ3) is 4.92. The molecule has 0 unspecified atom stereocenters. The summed E-state index contributed by atoms with van der Waals surface area (Å²) in [5.74, 6) is 1.70. The SMILES string of the molecule is C=CCn1c(SCCCOc2ccc(C)cc2)nc2scc(-c3ccccc3)c2c1=O. The molecule has 0 aliphatic carbocycles. The van der Waals surface area contributed by atoms with Crippen LogP contribution >= 0.6 is 23.1 Å². The van der Waals surface area contributed by atoms with Gasteiger partial charge in [-0.05, 0) is 31.0 Å². The van der Waals surface area contributed by atoms with Gasteiger partial charge in [0.25, 0.3) is 5.56 Å². The van der Waals surface area contributed by atoms with Crippen LogP contribution in [0.2, 0.25) is 0 Å². The highest BCUT2D eigenvalue weighted by molar-refractivity contribution is 7.99. The van der Waals surface area contributed by atoms with E-state index in [9.17, 15) is 4.79 Å². The molecule has 0 saturated heterocycles. The van der Waals surface area contributed by atoms with Crippen molar-refractivity contribution < 1.29 is 4.74 Å². The first-order chi connectivity index (χ1) is 15.2. The first-order valence-electron chi connectivity index (χ1n) is 10.2. The largest absolute Gasteiger partial charge is 0.494 e. The second kappa shape index (κ2) is 9.98. The molecule has 0 saturated carbocycles. The van der Waals surface area contributed by atoms with E-state index in [1.807, 2.05) is 60.0 Å². The quantitative estimate of drug-likeness (QED) is 0.133. The van der Waals surface area contributed by atoms with Gasteiger partial charge < -0.3 is 4.74 Å². The zero-order chi connectivity index (χ0) is 21.6. The van der Waals surface area contributed by atoms with Gasteiger partial charge in [0.05, 0.1) is 12.0 Å². The molecule has 31 heavy (non-hydrogen) atoms. The lowest BCUT2D eigenvalue weighted by Gasteiger charge is -2.11. The number of thioether (sulfide) groups is 1. The highest BCUT2D eigenvalue weighted by Gasteiger charge is 2.16. The van der Waals surface area contributed by atoms with Gasteiger partial charge >= 0.3 is 0 Å². The van der Waals surface area contributed by atoms with Crippen LogP contribution in [0.4, 0.5) is 0 Å². The maximum atomic E-state index is 13.3. The molecule has 2 aromatic carbocycles. The molecule has 158 valence electrons. The average Bonchev–Trinajstić information content (AvgIpc) is 3.22. The van der Waals surface area contributed by atoms with Crippen LogP contribution in [0.15, 0.2) is 82.6 Å². The molecule has 0 N–H and O–H groups in total. The van der Waals surface area contributed by atoms with Gasteiger partial charge in [0.15, 0.2) is 5.16 Å². The van der Waals surface area contributed by atoms with E-state index in [4.69, 9.17) is 9.72 Å². The zero-order valence-electron chi connectivity index (χ0n) is 17.4. The zero-order valence-corrected chi connectivity index (χ0v) is 19.0. The summed E-state index contributed by atoms with van der Waals surface area (Å²) in [5.41, 5.74) is 3.18. The first kappa shape index (κ1) is 21.4. The number of benzene rings is 2. The smallest absolute Gasteiger partial charge is 0.263 e. The van der Waals surface area contributed by atoms with Crippen molar-refractivity contribution in [3.63, 3.8) is 0 Å². The number of allylic oxidation sites excluding steroid dienone is 1. The van der Waals surface area contributed by atoms with Gasteiger partial charge in [-0.15, -0.1) is 17.9 Å². The van der Waals surface area contributed by atoms with Crippen molar-refractivity contribution in [3.8, 4) is 16.9 Å². The standard InChI is InChI=1S/C25H24N2O2S2/c1-3-14-27-24(28)22-21(19-8-5-4-6-9-19)17-31-23(22)26-25(27)30-16-7-15-29-20-12-10-18(2)11-13-20/h3-6,8-13,17H,1,7,14-16H2,2H3. The highest BCUT2D eigenvalue weighted by Crippen LogP contribution is 2.32.